The SMILES string of the molecule is C1CC(CCOC2CCOC3(CCOC3)C2)CN1. The molecular weight excluding hydrogens is 230 g/mol. The van der Waals surface area contributed by atoms with Gasteiger partial charge in [0, 0.05) is 32.7 Å². The molecule has 3 saturated heterocycles. The Morgan fingerprint density at radius 3 is 3.06 bits per heavy atom. The smallest absolute Gasteiger partial charge is 0.0961 e. The van der Waals surface area contributed by atoms with Crippen molar-refractivity contribution < 1.29 is 14.2 Å². The standard InChI is InChI=1S/C14H25NO3/c1-5-15-10-12(1)2-6-17-13-3-7-18-14(9-13)4-8-16-11-14/h12-13,15H,1-11H2. The van der Waals surface area contributed by atoms with Gasteiger partial charge in [-0.05, 0) is 38.3 Å². The normalized spacial score (nSPS) is 40.7. The fraction of sp³-hybridized carbons (Fsp3) is 1.00. The van der Waals surface area contributed by atoms with Crippen molar-refractivity contribution >= 4 is 0 Å². The lowest BCUT2D eigenvalue weighted by atomic mass is 9.91. The predicted octanol–water partition coefficient (Wildman–Crippen LogP) is 1.34. The van der Waals surface area contributed by atoms with E-state index in [0.29, 0.717) is 6.10 Å². The van der Waals surface area contributed by atoms with Gasteiger partial charge in [0.25, 0.3) is 0 Å². The molecule has 0 aromatic heterocycles. The van der Waals surface area contributed by atoms with Crippen LogP contribution in [-0.4, -0.2) is 51.2 Å². The molecule has 0 amide bonds. The van der Waals surface area contributed by atoms with Crippen LogP contribution in [0.4, 0.5) is 0 Å². The maximum Gasteiger partial charge on any atom is 0.0961 e. The lowest BCUT2D eigenvalue weighted by Gasteiger charge is -2.37. The Bertz CT molecular complexity index is 260. The third-order valence-corrected chi connectivity index (χ3v) is 4.56. The highest BCUT2D eigenvalue weighted by molar-refractivity contribution is 4.90. The number of rotatable bonds is 4. The van der Waals surface area contributed by atoms with Crippen LogP contribution in [0.1, 0.15) is 32.1 Å². The van der Waals surface area contributed by atoms with Crippen LogP contribution in [0.2, 0.25) is 0 Å². The number of hydrogen-bond donors (Lipinski definition) is 1. The van der Waals surface area contributed by atoms with E-state index < -0.39 is 0 Å². The van der Waals surface area contributed by atoms with Gasteiger partial charge in [0.05, 0.1) is 18.3 Å². The lowest BCUT2D eigenvalue weighted by molar-refractivity contribution is -0.134. The first-order chi connectivity index (χ1) is 8.86. The van der Waals surface area contributed by atoms with Crippen LogP contribution in [0.25, 0.3) is 0 Å². The van der Waals surface area contributed by atoms with E-state index in [0.717, 1.165) is 51.6 Å². The van der Waals surface area contributed by atoms with Gasteiger partial charge in [-0.3, -0.25) is 0 Å². The Morgan fingerprint density at radius 1 is 1.28 bits per heavy atom. The quantitative estimate of drug-likeness (QED) is 0.823. The van der Waals surface area contributed by atoms with E-state index in [-0.39, 0.29) is 5.60 Å². The van der Waals surface area contributed by atoms with Crippen LogP contribution in [0, 0.1) is 5.92 Å². The Kier molecular flexibility index (Phi) is 4.19. The van der Waals surface area contributed by atoms with E-state index in [2.05, 4.69) is 5.32 Å². The number of nitrogens with one attached hydrogen (secondary N) is 1. The Hall–Kier alpha value is -0.160. The topological polar surface area (TPSA) is 39.7 Å². The molecule has 3 fully saturated rings. The molecule has 0 radical (unpaired) electrons. The van der Waals surface area contributed by atoms with Crippen molar-refractivity contribution in [3.63, 3.8) is 0 Å². The lowest BCUT2D eigenvalue weighted by Crippen LogP contribution is -2.43. The van der Waals surface area contributed by atoms with Gasteiger partial charge in [0.2, 0.25) is 0 Å². The average molecular weight is 255 g/mol. The Morgan fingerprint density at radius 2 is 2.28 bits per heavy atom. The van der Waals surface area contributed by atoms with Crippen LogP contribution in [0.15, 0.2) is 0 Å². The Labute approximate surface area is 109 Å². The second kappa shape index (κ2) is 5.87. The summed E-state index contributed by atoms with van der Waals surface area (Å²) in [7, 11) is 0. The second-order valence-electron chi connectivity index (χ2n) is 5.97. The molecule has 1 N–H and O–H groups in total. The fourth-order valence-electron chi connectivity index (χ4n) is 3.35. The highest BCUT2D eigenvalue weighted by atomic mass is 16.6. The van der Waals surface area contributed by atoms with Crippen molar-refractivity contribution in [2.24, 2.45) is 5.92 Å². The summed E-state index contributed by atoms with van der Waals surface area (Å²) in [5, 5.41) is 3.41. The molecule has 0 aliphatic carbocycles. The minimum absolute atomic E-state index is 0.0160. The molecule has 0 aromatic carbocycles. The maximum absolute atomic E-state index is 6.07. The monoisotopic (exact) mass is 255 g/mol. The minimum atomic E-state index is -0.0160. The summed E-state index contributed by atoms with van der Waals surface area (Å²) < 4.78 is 17.5. The first-order valence-electron chi connectivity index (χ1n) is 7.40. The average Bonchev–Trinajstić information content (AvgIpc) is 3.02. The highest BCUT2D eigenvalue weighted by Crippen LogP contribution is 2.34. The van der Waals surface area contributed by atoms with E-state index in [1.54, 1.807) is 0 Å². The van der Waals surface area contributed by atoms with E-state index in [4.69, 9.17) is 14.2 Å². The van der Waals surface area contributed by atoms with E-state index in [1.165, 1.54) is 25.9 Å². The first-order valence-corrected chi connectivity index (χ1v) is 7.40. The van der Waals surface area contributed by atoms with Crippen molar-refractivity contribution in [2.75, 3.05) is 39.5 Å². The van der Waals surface area contributed by atoms with Crippen LogP contribution in [-0.2, 0) is 14.2 Å². The molecule has 3 aliphatic rings. The van der Waals surface area contributed by atoms with Gasteiger partial charge in [-0.1, -0.05) is 0 Å². The van der Waals surface area contributed by atoms with E-state index in [9.17, 15) is 0 Å². The van der Waals surface area contributed by atoms with Crippen molar-refractivity contribution in [3.8, 4) is 0 Å². The summed E-state index contributed by atoms with van der Waals surface area (Å²) in [5.41, 5.74) is -0.0160. The molecule has 3 unspecified atom stereocenters. The molecule has 0 saturated carbocycles. The zero-order valence-electron chi connectivity index (χ0n) is 11.2. The van der Waals surface area contributed by atoms with Gasteiger partial charge < -0.3 is 19.5 Å². The van der Waals surface area contributed by atoms with Crippen LogP contribution >= 0.6 is 0 Å². The molecule has 0 aromatic rings. The molecule has 104 valence electrons. The molecule has 4 nitrogen and oxygen atoms in total. The summed E-state index contributed by atoms with van der Waals surface area (Å²) in [5.74, 6) is 0.827. The van der Waals surface area contributed by atoms with Gasteiger partial charge in [-0.2, -0.15) is 0 Å². The largest absolute Gasteiger partial charge is 0.378 e. The molecule has 0 bridgehead atoms. The molecule has 1 spiro atoms. The molecular formula is C14H25NO3. The molecule has 4 heteroatoms. The predicted molar refractivity (Wildman–Crippen MR) is 68.7 cm³/mol. The van der Waals surface area contributed by atoms with Crippen molar-refractivity contribution in [1.29, 1.82) is 0 Å². The molecule has 3 aliphatic heterocycles. The minimum Gasteiger partial charge on any atom is -0.378 e. The van der Waals surface area contributed by atoms with Crippen molar-refractivity contribution in [2.45, 2.75) is 43.8 Å². The summed E-state index contributed by atoms with van der Waals surface area (Å²) in [6, 6.07) is 0. The van der Waals surface area contributed by atoms with Gasteiger partial charge in [0.15, 0.2) is 0 Å². The third-order valence-electron chi connectivity index (χ3n) is 4.56. The van der Waals surface area contributed by atoms with Gasteiger partial charge in [-0.25, -0.2) is 0 Å². The molecule has 18 heavy (non-hydrogen) atoms. The zero-order valence-corrected chi connectivity index (χ0v) is 11.2. The van der Waals surface area contributed by atoms with E-state index in [1.807, 2.05) is 0 Å². The molecule has 3 heterocycles. The molecule has 3 rings (SSSR count). The Balaban J connectivity index is 1.39. The fourth-order valence-corrected chi connectivity index (χ4v) is 3.35. The number of hydrogen-bond acceptors (Lipinski definition) is 4. The third kappa shape index (κ3) is 3.05. The first kappa shape index (κ1) is 12.9. The van der Waals surface area contributed by atoms with Crippen molar-refractivity contribution in [1.82, 2.24) is 5.32 Å². The molecule has 3 atom stereocenters. The maximum atomic E-state index is 6.07. The number of ether oxygens (including phenoxy) is 3. The van der Waals surface area contributed by atoms with Crippen LogP contribution in [0.3, 0.4) is 0 Å². The summed E-state index contributed by atoms with van der Waals surface area (Å²) in [6.07, 6.45) is 6.01. The van der Waals surface area contributed by atoms with Gasteiger partial charge in [-0.15, -0.1) is 0 Å². The van der Waals surface area contributed by atoms with Crippen LogP contribution in [0.5, 0.6) is 0 Å². The summed E-state index contributed by atoms with van der Waals surface area (Å²) in [4.78, 5) is 0. The van der Waals surface area contributed by atoms with Crippen LogP contribution < -0.4 is 5.32 Å². The van der Waals surface area contributed by atoms with Gasteiger partial charge >= 0.3 is 0 Å². The van der Waals surface area contributed by atoms with E-state index >= 15 is 0 Å². The van der Waals surface area contributed by atoms with Gasteiger partial charge in [0.1, 0.15) is 0 Å². The summed E-state index contributed by atoms with van der Waals surface area (Å²) >= 11 is 0. The zero-order chi connectivity index (χ0) is 12.3. The highest BCUT2D eigenvalue weighted by Gasteiger charge is 2.41. The van der Waals surface area contributed by atoms with Crippen molar-refractivity contribution in [3.05, 3.63) is 0 Å². The summed E-state index contributed by atoms with van der Waals surface area (Å²) in [6.45, 7) is 5.71. The second-order valence-corrected chi connectivity index (χ2v) is 5.97.